The largest absolute Gasteiger partial charge is 0.337 e. The van der Waals surface area contributed by atoms with E-state index in [1.54, 1.807) is 25.4 Å². The zero-order valence-corrected chi connectivity index (χ0v) is 14.0. The van der Waals surface area contributed by atoms with Crippen LogP contribution < -0.4 is 0 Å². The van der Waals surface area contributed by atoms with E-state index in [1.807, 2.05) is 28.8 Å². The van der Waals surface area contributed by atoms with E-state index in [0.29, 0.717) is 11.6 Å². The summed E-state index contributed by atoms with van der Waals surface area (Å²) < 4.78 is 1.84. The van der Waals surface area contributed by atoms with Gasteiger partial charge >= 0.3 is 5.97 Å². The Bertz CT molecular complexity index is 1000. The molecule has 26 heavy (non-hydrogen) atoms. The van der Waals surface area contributed by atoms with Crippen LogP contribution >= 0.6 is 0 Å². The van der Waals surface area contributed by atoms with Gasteiger partial charge in [0.25, 0.3) is 11.8 Å². The maximum atomic E-state index is 12.4. The molecule has 0 N–H and O–H groups in total. The van der Waals surface area contributed by atoms with E-state index in [9.17, 15) is 14.4 Å². The first-order valence-electron chi connectivity index (χ1n) is 8.16. The van der Waals surface area contributed by atoms with Crippen molar-refractivity contribution < 1.29 is 19.2 Å². The van der Waals surface area contributed by atoms with Crippen LogP contribution in [0.4, 0.5) is 0 Å². The van der Waals surface area contributed by atoms with Crippen molar-refractivity contribution in [3.05, 3.63) is 66.0 Å². The van der Waals surface area contributed by atoms with E-state index in [1.165, 1.54) is 12.1 Å². The predicted octanol–water partition coefficient (Wildman–Crippen LogP) is 2.43. The first-order valence-corrected chi connectivity index (χ1v) is 8.16. The van der Waals surface area contributed by atoms with Gasteiger partial charge in [-0.3, -0.25) is 9.59 Å². The Kier molecular flexibility index (Phi) is 3.76. The molecule has 2 aromatic carbocycles. The Morgan fingerprint density at radius 1 is 1.04 bits per heavy atom. The number of nitrogens with zero attached hydrogens (tertiary/aromatic N) is 3. The van der Waals surface area contributed by atoms with Gasteiger partial charge in [0, 0.05) is 6.54 Å². The van der Waals surface area contributed by atoms with Crippen LogP contribution in [-0.2, 0) is 16.2 Å². The fraction of sp³-hybridized carbons (Fsp3) is 0.158. The molecule has 130 valence electrons. The van der Waals surface area contributed by atoms with Gasteiger partial charge in [-0.05, 0) is 24.3 Å². The second kappa shape index (κ2) is 6.11. The molecule has 1 atom stereocenters. The van der Waals surface area contributed by atoms with Crippen LogP contribution in [0.2, 0.25) is 0 Å². The normalized spacial score (nSPS) is 14.6. The van der Waals surface area contributed by atoms with Gasteiger partial charge in [-0.2, -0.15) is 0 Å². The molecule has 0 bridgehead atoms. The number of rotatable bonds is 4. The Labute approximate surface area is 148 Å². The summed E-state index contributed by atoms with van der Waals surface area (Å²) in [7, 11) is 0. The Balaban J connectivity index is 1.48. The summed E-state index contributed by atoms with van der Waals surface area (Å²) in [5.74, 6) is -2.48. The van der Waals surface area contributed by atoms with Crippen molar-refractivity contribution in [3.63, 3.8) is 0 Å². The molecule has 1 aromatic heterocycles. The van der Waals surface area contributed by atoms with Gasteiger partial charge in [-0.1, -0.05) is 36.3 Å². The maximum Gasteiger partial charge on any atom is 0.337 e. The fourth-order valence-corrected chi connectivity index (χ4v) is 2.96. The van der Waals surface area contributed by atoms with E-state index < -0.39 is 23.7 Å². The number of amides is 2. The summed E-state index contributed by atoms with van der Waals surface area (Å²) in [6.07, 6.45) is 1.65. The molecule has 7 heteroatoms. The van der Waals surface area contributed by atoms with Gasteiger partial charge in [0.05, 0.1) is 34.4 Å². The molecule has 2 amide bonds. The van der Waals surface area contributed by atoms with Crippen molar-refractivity contribution in [1.29, 1.82) is 0 Å². The molecule has 1 aliphatic rings. The fourth-order valence-electron chi connectivity index (χ4n) is 2.96. The second-order valence-corrected chi connectivity index (χ2v) is 6.15. The molecule has 2 heterocycles. The van der Waals surface area contributed by atoms with Crippen LogP contribution in [0.15, 0.2) is 54.9 Å². The SMILES string of the molecule is CC(Cn1cnc2ccccc21)C(=O)ON1C(=O)c2ccccc2C1=O. The van der Waals surface area contributed by atoms with Gasteiger partial charge in [-0.25, -0.2) is 9.78 Å². The molecule has 3 aromatic rings. The summed E-state index contributed by atoms with van der Waals surface area (Å²) >= 11 is 0. The van der Waals surface area contributed by atoms with Crippen LogP contribution in [0.1, 0.15) is 27.6 Å². The zero-order chi connectivity index (χ0) is 18.3. The van der Waals surface area contributed by atoms with Crippen LogP contribution in [0.3, 0.4) is 0 Å². The highest BCUT2D eigenvalue weighted by molar-refractivity contribution is 6.20. The molecule has 0 fully saturated rings. The smallest absolute Gasteiger partial charge is 0.330 e. The van der Waals surface area contributed by atoms with Gasteiger partial charge < -0.3 is 9.40 Å². The molecule has 0 saturated heterocycles. The summed E-state index contributed by atoms with van der Waals surface area (Å²) in [6.45, 7) is 2.00. The third kappa shape index (κ3) is 2.54. The van der Waals surface area contributed by atoms with E-state index in [2.05, 4.69) is 4.98 Å². The highest BCUT2D eigenvalue weighted by atomic mass is 16.7. The van der Waals surface area contributed by atoms with Gasteiger partial charge in [0.1, 0.15) is 0 Å². The number of benzene rings is 2. The summed E-state index contributed by atoms with van der Waals surface area (Å²) in [5.41, 5.74) is 2.19. The third-order valence-electron chi connectivity index (χ3n) is 4.34. The molecule has 7 nitrogen and oxygen atoms in total. The molecule has 4 rings (SSSR count). The average Bonchev–Trinajstić information content (AvgIpc) is 3.17. The quantitative estimate of drug-likeness (QED) is 0.676. The third-order valence-corrected chi connectivity index (χ3v) is 4.34. The molecule has 0 aliphatic carbocycles. The minimum absolute atomic E-state index is 0.235. The number of imide groups is 1. The van der Waals surface area contributed by atoms with E-state index in [0.717, 1.165) is 11.0 Å². The first kappa shape index (κ1) is 16.0. The first-order chi connectivity index (χ1) is 12.6. The van der Waals surface area contributed by atoms with Gasteiger partial charge in [0.2, 0.25) is 0 Å². The summed E-state index contributed by atoms with van der Waals surface area (Å²) in [6, 6.07) is 13.9. The highest BCUT2D eigenvalue weighted by Crippen LogP contribution is 2.23. The van der Waals surface area contributed by atoms with Crippen molar-refractivity contribution in [3.8, 4) is 0 Å². The summed E-state index contributed by atoms with van der Waals surface area (Å²) in [4.78, 5) is 46.3. The van der Waals surface area contributed by atoms with Crippen molar-refractivity contribution in [2.24, 2.45) is 5.92 Å². The number of carbonyl (C=O) groups excluding carboxylic acids is 3. The predicted molar refractivity (Wildman–Crippen MR) is 91.9 cm³/mol. The Hall–Kier alpha value is -3.48. The minimum atomic E-state index is -0.655. The number of hydrogen-bond donors (Lipinski definition) is 0. The Morgan fingerprint density at radius 3 is 2.35 bits per heavy atom. The second-order valence-electron chi connectivity index (χ2n) is 6.15. The molecule has 1 aliphatic heterocycles. The number of aromatic nitrogens is 2. The van der Waals surface area contributed by atoms with Gasteiger partial charge in [-0.15, -0.1) is 0 Å². The average molecular weight is 349 g/mol. The zero-order valence-electron chi connectivity index (χ0n) is 14.0. The topological polar surface area (TPSA) is 81.5 Å². The molecular weight excluding hydrogens is 334 g/mol. The molecular formula is C19H15N3O4. The number of hydroxylamine groups is 2. The molecule has 0 radical (unpaired) electrons. The van der Waals surface area contributed by atoms with E-state index >= 15 is 0 Å². The van der Waals surface area contributed by atoms with Crippen molar-refractivity contribution in [1.82, 2.24) is 14.6 Å². The molecule has 1 unspecified atom stereocenters. The number of fused-ring (bicyclic) bond motifs is 2. The number of carbonyl (C=O) groups is 3. The number of imidazole rings is 1. The minimum Gasteiger partial charge on any atom is -0.330 e. The Morgan fingerprint density at radius 2 is 1.65 bits per heavy atom. The van der Waals surface area contributed by atoms with Crippen molar-refractivity contribution >= 4 is 28.8 Å². The highest BCUT2D eigenvalue weighted by Gasteiger charge is 2.39. The van der Waals surface area contributed by atoms with Crippen LogP contribution in [0, 0.1) is 5.92 Å². The lowest BCUT2D eigenvalue weighted by atomic mass is 10.1. The summed E-state index contributed by atoms with van der Waals surface area (Å²) in [5, 5.41) is 0.537. The lowest BCUT2D eigenvalue weighted by molar-refractivity contribution is -0.173. The van der Waals surface area contributed by atoms with Gasteiger partial charge in [0.15, 0.2) is 0 Å². The van der Waals surface area contributed by atoms with Crippen LogP contribution in [0.5, 0.6) is 0 Å². The van der Waals surface area contributed by atoms with E-state index in [-0.39, 0.29) is 11.1 Å². The van der Waals surface area contributed by atoms with Crippen LogP contribution in [-0.4, -0.2) is 32.4 Å². The standard InChI is InChI=1S/C19H15N3O4/c1-12(10-21-11-20-15-8-4-5-9-16(15)21)19(25)26-22-17(23)13-6-2-3-7-14(13)18(22)24/h2-9,11-12H,10H2,1H3. The number of para-hydroxylation sites is 2. The monoisotopic (exact) mass is 349 g/mol. The van der Waals surface area contributed by atoms with Crippen LogP contribution in [0.25, 0.3) is 11.0 Å². The molecule has 0 saturated carbocycles. The van der Waals surface area contributed by atoms with Crippen molar-refractivity contribution in [2.75, 3.05) is 0 Å². The van der Waals surface area contributed by atoms with Crippen molar-refractivity contribution in [2.45, 2.75) is 13.5 Å². The lowest BCUT2D eigenvalue weighted by Gasteiger charge is -2.17. The maximum absolute atomic E-state index is 12.4. The molecule has 0 spiro atoms. The van der Waals surface area contributed by atoms with E-state index in [4.69, 9.17) is 4.84 Å². The lowest BCUT2D eigenvalue weighted by Crippen LogP contribution is -2.35. The number of hydrogen-bond acceptors (Lipinski definition) is 5.